The molecular formula is C20H28F3N3O5. The molecule has 1 aromatic rings. The van der Waals surface area contributed by atoms with Crippen LogP contribution in [-0.4, -0.2) is 84.7 Å². The zero-order valence-electron chi connectivity index (χ0n) is 17.7. The third-order valence-corrected chi connectivity index (χ3v) is 4.50. The van der Waals surface area contributed by atoms with Gasteiger partial charge in [0.05, 0.1) is 7.11 Å². The second-order valence-electron chi connectivity index (χ2n) is 7.00. The average molecular weight is 447 g/mol. The predicted octanol–water partition coefficient (Wildman–Crippen LogP) is 2.00. The molecule has 1 aliphatic rings. The molecule has 8 nitrogen and oxygen atoms in total. The zero-order chi connectivity index (χ0) is 23.6. The van der Waals surface area contributed by atoms with Crippen LogP contribution in [0.1, 0.15) is 30.6 Å². The Morgan fingerprint density at radius 2 is 1.68 bits per heavy atom. The van der Waals surface area contributed by atoms with E-state index < -0.39 is 12.1 Å². The Kier molecular flexibility index (Phi) is 10.3. The number of carboxylic acid groups (broad SMARTS) is 1. The van der Waals surface area contributed by atoms with Gasteiger partial charge in [-0.05, 0) is 38.1 Å². The number of carbonyl (C=O) groups excluding carboxylic acids is 2. The lowest BCUT2D eigenvalue weighted by Crippen LogP contribution is -2.47. The summed E-state index contributed by atoms with van der Waals surface area (Å²) >= 11 is 0. The molecule has 0 aromatic heterocycles. The molecule has 0 unspecified atom stereocenters. The van der Waals surface area contributed by atoms with Crippen molar-refractivity contribution < 1.29 is 37.4 Å². The van der Waals surface area contributed by atoms with Gasteiger partial charge in [-0.15, -0.1) is 0 Å². The topological polar surface area (TPSA) is 99.2 Å². The van der Waals surface area contributed by atoms with Gasteiger partial charge < -0.3 is 25.0 Å². The first-order chi connectivity index (χ1) is 14.5. The van der Waals surface area contributed by atoms with Gasteiger partial charge in [0, 0.05) is 50.7 Å². The van der Waals surface area contributed by atoms with E-state index in [1.807, 2.05) is 18.7 Å². The highest BCUT2D eigenvalue weighted by Crippen LogP contribution is 2.15. The Balaban J connectivity index is 0.000000592. The molecule has 2 rings (SSSR count). The maximum Gasteiger partial charge on any atom is 0.490 e. The zero-order valence-corrected chi connectivity index (χ0v) is 17.7. The Bertz CT molecular complexity index is 733. The number of piperazine rings is 1. The molecular weight excluding hydrogens is 419 g/mol. The summed E-state index contributed by atoms with van der Waals surface area (Å²) in [6.07, 6.45) is -4.72. The van der Waals surface area contributed by atoms with Crippen LogP contribution in [0.3, 0.4) is 0 Å². The van der Waals surface area contributed by atoms with Gasteiger partial charge in [-0.2, -0.15) is 13.2 Å². The van der Waals surface area contributed by atoms with Crippen molar-refractivity contribution in [1.82, 2.24) is 15.1 Å². The summed E-state index contributed by atoms with van der Waals surface area (Å²) in [6, 6.07) is 7.11. The third kappa shape index (κ3) is 8.83. The Labute approximate surface area is 178 Å². The summed E-state index contributed by atoms with van der Waals surface area (Å²) in [5.41, 5.74) is 0.610. The van der Waals surface area contributed by atoms with Gasteiger partial charge >= 0.3 is 12.1 Å². The van der Waals surface area contributed by atoms with Gasteiger partial charge in [-0.1, -0.05) is 0 Å². The first-order valence-corrected chi connectivity index (χ1v) is 9.71. The molecule has 2 N–H and O–H groups in total. The quantitative estimate of drug-likeness (QED) is 0.692. The van der Waals surface area contributed by atoms with E-state index in [9.17, 15) is 22.8 Å². The van der Waals surface area contributed by atoms with Crippen molar-refractivity contribution in [3.63, 3.8) is 0 Å². The normalized spacial score (nSPS) is 13.8. The first-order valence-electron chi connectivity index (χ1n) is 9.71. The van der Waals surface area contributed by atoms with Crippen LogP contribution < -0.4 is 10.1 Å². The van der Waals surface area contributed by atoms with E-state index in [0.29, 0.717) is 18.5 Å². The van der Waals surface area contributed by atoms with Crippen LogP contribution in [0.4, 0.5) is 13.2 Å². The molecule has 0 bridgehead atoms. The summed E-state index contributed by atoms with van der Waals surface area (Å²) < 4.78 is 36.9. The largest absolute Gasteiger partial charge is 0.497 e. The number of rotatable bonds is 6. The van der Waals surface area contributed by atoms with Crippen molar-refractivity contribution in [2.45, 2.75) is 32.5 Å². The number of hydrogen-bond donors (Lipinski definition) is 2. The molecule has 0 atom stereocenters. The van der Waals surface area contributed by atoms with Crippen LogP contribution in [0, 0.1) is 0 Å². The molecule has 1 aromatic carbocycles. The maximum absolute atomic E-state index is 12.7. The highest BCUT2D eigenvalue weighted by molar-refractivity contribution is 5.94. The van der Waals surface area contributed by atoms with E-state index >= 15 is 0 Å². The highest BCUT2D eigenvalue weighted by atomic mass is 19.4. The van der Waals surface area contributed by atoms with E-state index in [0.717, 1.165) is 31.9 Å². The van der Waals surface area contributed by atoms with Crippen molar-refractivity contribution in [1.29, 1.82) is 0 Å². The van der Waals surface area contributed by atoms with Gasteiger partial charge in [0.1, 0.15) is 5.75 Å². The Morgan fingerprint density at radius 3 is 2.10 bits per heavy atom. The minimum Gasteiger partial charge on any atom is -0.497 e. The number of aliphatic carboxylic acids is 1. The number of carboxylic acids is 1. The number of alkyl halides is 3. The van der Waals surface area contributed by atoms with Gasteiger partial charge in [0.25, 0.3) is 5.91 Å². The molecule has 0 aliphatic carbocycles. The molecule has 31 heavy (non-hydrogen) atoms. The van der Waals surface area contributed by atoms with E-state index in [4.69, 9.17) is 14.6 Å². The van der Waals surface area contributed by atoms with Gasteiger partial charge in [-0.3, -0.25) is 9.59 Å². The summed E-state index contributed by atoms with van der Waals surface area (Å²) in [6.45, 7) is 7.54. The van der Waals surface area contributed by atoms with Crippen LogP contribution in [0.25, 0.3) is 0 Å². The molecule has 0 saturated carbocycles. The number of nitrogens with one attached hydrogen (secondary N) is 1. The number of hydrogen-bond acceptors (Lipinski definition) is 5. The second kappa shape index (κ2) is 12.1. The number of halogens is 3. The van der Waals surface area contributed by atoms with Crippen LogP contribution in [-0.2, 0) is 9.59 Å². The summed E-state index contributed by atoms with van der Waals surface area (Å²) in [5, 5.41) is 10.4. The van der Waals surface area contributed by atoms with Crippen molar-refractivity contribution in [2.24, 2.45) is 0 Å². The van der Waals surface area contributed by atoms with Crippen LogP contribution >= 0.6 is 0 Å². The summed E-state index contributed by atoms with van der Waals surface area (Å²) in [5.74, 6) is -1.98. The first kappa shape index (κ1) is 26.2. The molecule has 1 aliphatic heterocycles. The monoisotopic (exact) mass is 447 g/mol. The fourth-order valence-electron chi connectivity index (χ4n) is 2.78. The molecule has 0 radical (unpaired) electrons. The lowest BCUT2D eigenvalue weighted by molar-refractivity contribution is -0.192. The highest BCUT2D eigenvalue weighted by Gasteiger charge is 2.38. The Hall–Kier alpha value is -2.82. The number of nitrogens with zero attached hydrogens (tertiary/aromatic N) is 2. The van der Waals surface area contributed by atoms with Crippen molar-refractivity contribution >= 4 is 17.8 Å². The van der Waals surface area contributed by atoms with Gasteiger partial charge in [-0.25, -0.2) is 4.79 Å². The van der Waals surface area contributed by atoms with Crippen LogP contribution in [0.5, 0.6) is 5.75 Å². The number of methoxy groups -OCH3 is 1. The van der Waals surface area contributed by atoms with E-state index in [2.05, 4.69) is 5.32 Å². The molecule has 11 heteroatoms. The molecule has 0 spiro atoms. The second-order valence-corrected chi connectivity index (χ2v) is 7.00. The van der Waals surface area contributed by atoms with Crippen molar-refractivity contribution in [2.75, 3.05) is 39.8 Å². The van der Waals surface area contributed by atoms with Crippen molar-refractivity contribution in [3.8, 4) is 5.75 Å². The van der Waals surface area contributed by atoms with Gasteiger partial charge in [0.15, 0.2) is 0 Å². The van der Waals surface area contributed by atoms with Gasteiger partial charge in [0.2, 0.25) is 5.91 Å². The average Bonchev–Trinajstić information content (AvgIpc) is 2.73. The van der Waals surface area contributed by atoms with Crippen LogP contribution in [0.15, 0.2) is 24.3 Å². The smallest absolute Gasteiger partial charge is 0.490 e. The predicted molar refractivity (Wildman–Crippen MR) is 107 cm³/mol. The maximum atomic E-state index is 12.7. The lowest BCUT2D eigenvalue weighted by Gasteiger charge is -2.30. The van der Waals surface area contributed by atoms with E-state index in [1.165, 1.54) is 0 Å². The standard InChI is InChI=1S/C18H27N3O3.C2HF3O2/c1-14(2)21(11-8-17(22)20-12-9-19-10-13-20)18(23)15-4-6-16(24-3)7-5-15;3-2(4,5)1(6)7/h4-7,14,19H,8-13H2,1-3H3;(H,6,7). The van der Waals surface area contributed by atoms with E-state index in [-0.39, 0.29) is 17.9 Å². The molecule has 1 fully saturated rings. The van der Waals surface area contributed by atoms with E-state index in [1.54, 1.807) is 36.3 Å². The van der Waals surface area contributed by atoms with Crippen LogP contribution in [0.2, 0.25) is 0 Å². The van der Waals surface area contributed by atoms with Crippen molar-refractivity contribution in [3.05, 3.63) is 29.8 Å². The summed E-state index contributed by atoms with van der Waals surface area (Å²) in [7, 11) is 1.60. The molecule has 2 amide bonds. The number of benzene rings is 1. The molecule has 1 heterocycles. The lowest BCUT2D eigenvalue weighted by atomic mass is 10.1. The minimum atomic E-state index is -5.08. The fraction of sp³-hybridized carbons (Fsp3) is 0.550. The summed E-state index contributed by atoms with van der Waals surface area (Å²) in [4.78, 5) is 37.6. The molecule has 174 valence electrons. The SMILES string of the molecule is COc1ccc(C(=O)N(CCC(=O)N2CCNCC2)C(C)C)cc1.O=C(O)C(F)(F)F. The number of ether oxygens (including phenoxy) is 1. The third-order valence-electron chi connectivity index (χ3n) is 4.50. The number of carbonyl (C=O) groups is 3. The Morgan fingerprint density at radius 1 is 1.16 bits per heavy atom. The fourth-order valence-corrected chi connectivity index (χ4v) is 2.78. The number of amides is 2. The minimum absolute atomic E-state index is 0.0374. The molecule has 1 saturated heterocycles.